The van der Waals surface area contributed by atoms with Crippen LogP contribution in [0.25, 0.3) is 0 Å². The Kier molecular flexibility index (Phi) is 4.52. The largest absolute Gasteiger partial charge is 0.392 e. The Balaban J connectivity index is 2.33. The molecule has 7 heteroatoms. The van der Waals surface area contributed by atoms with Crippen LogP contribution >= 0.6 is 27.7 Å². The number of rotatable bonds is 4. The molecular weight excluding hydrogens is 332 g/mol. The maximum absolute atomic E-state index is 11.0. The molecule has 0 aliphatic carbocycles. The number of nitro groups is 1. The van der Waals surface area contributed by atoms with Crippen molar-refractivity contribution in [2.75, 3.05) is 0 Å². The van der Waals surface area contributed by atoms with Gasteiger partial charge in [-0.05, 0) is 39.7 Å². The first-order chi connectivity index (χ1) is 9.10. The monoisotopic (exact) mass is 340 g/mol. The SMILES string of the molecule is O=[N+]([O-])c1cc(CO)ccc1Sc1ccc(Br)cn1. The van der Waals surface area contributed by atoms with Crippen molar-refractivity contribution in [2.45, 2.75) is 16.5 Å². The van der Waals surface area contributed by atoms with Crippen LogP contribution in [0, 0.1) is 10.1 Å². The van der Waals surface area contributed by atoms with Gasteiger partial charge < -0.3 is 5.11 Å². The highest BCUT2D eigenvalue weighted by Crippen LogP contribution is 2.34. The Hall–Kier alpha value is -1.44. The Morgan fingerprint density at radius 2 is 2.16 bits per heavy atom. The molecule has 1 N–H and O–H groups in total. The summed E-state index contributed by atoms with van der Waals surface area (Å²) in [6.07, 6.45) is 1.64. The lowest BCUT2D eigenvalue weighted by Crippen LogP contribution is -1.94. The van der Waals surface area contributed by atoms with E-state index in [9.17, 15) is 10.1 Å². The standard InChI is InChI=1S/C12H9BrN2O3S/c13-9-2-4-12(14-6-9)19-11-3-1-8(7-16)5-10(11)15(17)18/h1-6,16H,7H2. The zero-order chi connectivity index (χ0) is 13.8. The first-order valence-electron chi connectivity index (χ1n) is 5.27. The lowest BCUT2D eigenvalue weighted by atomic mass is 10.2. The van der Waals surface area contributed by atoms with Crippen molar-refractivity contribution in [3.05, 3.63) is 56.7 Å². The van der Waals surface area contributed by atoms with E-state index in [1.54, 1.807) is 24.4 Å². The second-order valence-electron chi connectivity index (χ2n) is 3.63. The summed E-state index contributed by atoms with van der Waals surface area (Å²) in [4.78, 5) is 15.2. The predicted octanol–water partition coefficient (Wildman–Crippen LogP) is 3.40. The van der Waals surface area contributed by atoms with E-state index in [1.807, 2.05) is 6.07 Å². The van der Waals surface area contributed by atoms with Gasteiger partial charge in [0.1, 0.15) is 5.03 Å². The molecular formula is C12H9BrN2O3S. The smallest absolute Gasteiger partial charge is 0.283 e. The van der Waals surface area contributed by atoms with Gasteiger partial charge in [-0.25, -0.2) is 4.98 Å². The van der Waals surface area contributed by atoms with Crippen LogP contribution in [-0.2, 0) is 6.61 Å². The molecule has 0 amide bonds. The molecule has 2 rings (SSSR count). The van der Waals surface area contributed by atoms with E-state index < -0.39 is 4.92 Å². The summed E-state index contributed by atoms with van der Waals surface area (Å²) in [5, 5.41) is 20.7. The summed E-state index contributed by atoms with van der Waals surface area (Å²) in [6, 6.07) is 8.26. The Morgan fingerprint density at radius 1 is 1.37 bits per heavy atom. The number of hydrogen-bond acceptors (Lipinski definition) is 5. The molecule has 5 nitrogen and oxygen atoms in total. The molecule has 0 saturated carbocycles. The van der Waals surface area contributed by atoms with Crippen molar-refractivity contribution in [2.24, 2.45) is 0 Å². The molecule has 0 bridgehead atoms. The van der Waals surface area contributed by atoms with Gasteiger partial charge in [-0.3, -0.25) is 10.1 Å². The number of benzene rings is 1. The number of halogens is 1. The molecule has 1 heterocycles. The Morgan fingerprint density at radius 3 is 2.74 bits per heavy atom. The predicted molar refractivity (Wildman–Crippen MR) is 75.1 cm³/mol. The van der Waals surface area contributed by atoms with E-state index in [0.717, 1.165) is 4.47 Å². The molecule has 1 aromatic heterocycles. The second kappa shape index (κ2) is 6.14. The molecule has 0 spiro atoms. The van der Waals surface area contributed by atoms with Gasteiger partial charge in [0.2, 0.25) is 0 Å². The van der Waals surface area contributed by atoms with Gasteiger partial charge in [-0.15, -0.1) is 0 Å². The molecule has 0 radical (unpaired) electrons. The summed E-state index contributed by atoms with van der Waals surface area (Å²) >= 11 is 4.49. The van der Waals surface area contributed by atoms with Gasteiger partial charge in [-0.1, -0.05) is 17.8 Å². The highest BCUT2D eigenvalue weighted by Gasteiger charge is 2.16. The molecule has 0 aliphatic rings. The minimum atomic E-state index is -0.458. The van der Waals surface area contributed by atoms with E-state index in [-0.39, 0.29) is 12.3 Å². The number of pyridine rings is 1. The molecule has 2 aromatic rings. The fraction of sp³-hybridized carbons (Fsp3) is 0.0833. The third kappa shape index (κ3) is 3.52. The van der Waals surface area contributed by atoms with Crippen molar-refractivity contribution < 1.29 is 10.0 Å². The van der Waals surface area contributed by atoms with E-state index in [2.05, 4.69) is 20.9 Å². The van der Waals surface area contributed by atoms with Gasteiger partial charge in [0, 0.05) is 16.7 Å². The van der Waals surface area contributed by atoms with Crippen molar-refractivity contribution in [3.8, 4) is 0 Å². The average Bonchev–Trinajstić information content (AvgIpc) is 2.41. The van der Waals surface area contributed by atoms with Gasteiger partial charge in [0.25, 0.3) is 5.69 Å². The first kappa shape index (κ1) is 14.0. The van der Waals surface area contributed by atoms with Crippen molar-refractivity contribution in [1.82, 2.24) is 4.98 Å². The number of aliphatic hydroxyl groups excluding tert-OH is 1. The number of aromatic nitrogens is 1. The van der Waals surface area contributed by atoms with Gasteiger partial charge in [0.05, 0.1) is 16.4 Å². The molecule has 0 fully saturated rings. The summed E-state index contributed by atoms with van der Waals surface area (Å²) < 4.78 is 0.849. The number of nitrogens with zero attached hydrogens (tertiary/aromatic N) is 2. The summed E-state index contributed by atoms with van der Waals surface area (Å²) in [5.41, 5.74) is 0.487. The Bertz CT molecular complexity index is 604. The maximum Gasteiger partial charge on any atom is 0.283 e. The quantitative estimate of drug-likeness (QED) is 0.681. The highest BCUT2D eigenvalue weighted by molar-refractivity contribution is 9.10. The van der Waals surface area contributed by atoms with Crippen molar-refractivity contribution in [1.29, 1.82) is 0 Å². The molecule has 0 unspecified atom stereocenters. The number of nitro benzene ring substituents is 1. The van der Waals surface area contributed by atoms with Crippen LogP contribution < -0.4 is 0 Å². The van der Waals surface area contributed by atoms with Crippen LogP contribution in [0.2, 0.25) is 0 Å². The molecule has 0 atom stereocenters. The van der Waals surface area contributed by atoms with Gasteiger partial charge >= 0.3 is 0 Å². The minimum Gasteiger partial charge on any atom is -0.392 e. The van der Waals surface area contributed by atoms with E-state index in [1.165, 1.54) is 17.8 Å². The first-order valence-corrected chi connectivity index (χ1v) is 6.88. The van der Waals surface area contributed by atoms with Crippen LogP contribution in [0.3, 0.4) is 0 Å². The zero-order valence-electron chi connectivity index (χ0n) is 9.62. The van der Waals surface area contributed by atoms with E-state index >= 15 is 0 Å². The lowest BCUT2D eigenvalue weighted by molar-refractivity contribution is -0.387. The van der Waals surface area contributed by atoms with Gasteiger partial charge in [0.15, 0.2) is 0 Å². The fourth-order valence-corrected chi connectivity index (χ4v) is 2.50. The summed E-state index contributed by atoms with van der Waals surface area (Å²) in [7, 11) is 0. The van der Waals surface area contributed by atoms with E-state index in [4.69, 9.17) is 5.11 Å². The fourth-order valence-electron chi connectivity index (χ4n) is 1.43. The van der Waals surface area contributed by atoms with Crippen LogP contribution in [0.5, 0.6) is 0 Å². The van der Waals surface area contributed by atoms with Crippen LogP contribution in [-0.4, -0.2) is 15.0 Å². The third-order valence-corrected chi connectivity index (χ3v) is 3.80. The summed E-state index contributed by atoms with van der Waals surface area (Å²) in [6.45, 7) is -0.220. The van der Waals surface area contributed by atoms with E-state index in [0.29, 0.717) is 15.5 Å². The molecule has 19 heavy (non-hydrogen) atoms. The van der Waals surface area contributed by atoms with Crippen LogP contribution in [0.1, 0.15) is 5.56 Å². The highest BCUT2D eigenvalue weighted by atomic mass is 79.9. The normalized spacial score (nSPS) is 10.4. The summed E-state index contributed by atoms with van der Waals surface area (Å²) in [5.74, 6) is 0. The topological polar surface area (TPSA) is 76.3 Å². The second-order valence-corrected chi connectivity index (χ2v) is 5.61. The van der Waals surface area contributed by atoms with Crippen molar-refractivity contribution >= 4 is 33.4 Å². The molecule has 0 aliphatic heterocycles. The molecule has 1 aromatic carbocycles. The van der Waals surface area contributed by atoms with Crippen molar-refractivity contribution in [3.63, 3.8) is 0 Å². The Labute approximate surface area is 122 Å². The molecule has 98 valence electrons. The number of aliphatic hydroxyl groups is 1. The number of hydrogen-bond donors (Lipinski definition) is 1. The zero-order valence-corrected chi connectivity index (χ0v) is 12.0. The third-order valence-electron chi connectivity index (χ3n) is 2.32. The van der Waals surface area contributed by atoms with Crippen LogP contribution in [0.4, 0.5) is 5.69 Å². The molecule has 0 saturated heterocycles. The lowest BCUT2D eigenvalue weighted by Gasteiger charge is -2.04. The average molecular weight is 341 g/mol. The van der Waals surface area contributed by atoms with Gasteiger partial charge in [-0.2, -0.15) is 0 Å². The minimum absolute atomic E-state index is 0.0266. The van der Waals surface area contributed by atoms with Crippen LogP contribution in [0.15, 0.2) is 50.9 Å². The maximum atomic E-state index is 11.0.